The predicted octanol–water partition coefficient (Wildman–Crippen LogP) is 4.39. The third kappa shape index (κ3) is 3.62. The van der Waals surface area contributed by atoms with Crippen molar-refractivity contribution in [1.29, 1.82) is 0 Å². The van der Waals surface area contributed by atoms with Crippen LogP contribution in [0.15, 0.2) is 44.6 Å². The number of anilines is 1. The number of amidine groups is 1. The van der Waals surface area contributed by atoms with Crippen LogP contribution in [-0.4, -0.2) is 36.1 Å². The first kappa shape index (κ1) is 17.8. The summed E-state index contributed by atoms with van der Waals surface area (Å²) in [7, 11) is 1.56. The summed E-state index contributed by atoms with van der Waals surface area (Å²) >= 11 is 1.12. The van der Waals surface area contributed by atoms with Crippen LogP contribution in [0.4, 0.5) is 20.4 Å². The molecular formula is C19H17F2N3O2S. The molecule has 0 atom stereocenters. The molecule has 1 aromatic carbocycles. The van der Waals surface area contributed by atoms with Crippen LogP contribution < -0.4 is 4.90 Å². The highest BCUT2D eigenvalue weighted by molar-refractivity contribution is 8.18. The normalized spacial score (nSPS) is 20.5. The summed E-state index contributed by atoms with van der Waals surface area (Å²) in [5.41, 5.74) is -0.0193. The Hall–Kier alpha value is -2.61. The zero-order chi connectivity index (χ0) is 19.0. The number of hydrogen-bond acceptors (Lipinski definition) is 5. The minimum absolute atomic E-state index is 0.0193. The first-order chi connectivity index (χ1) is 13.0. The molecule has 2 aliphatic rings. The number of benzene rings is 1. The second-order valence-corrected chi connectivity index (χ2v) is 7.34. The number of likely N-dealkylation sites (N-methyl/N-ethyl adjacent to an activating group) is 1. The fraction of sp³-hybridized carbons (Fsp3) is 0.263. The lowest BCUT2D eigenvalue weighted by Crippen LogP contribution is -2.23. The van der Waals surface area contributed by atoms with E-state index >= 15 is 0 Å². The van der Waals surface area contributed by atoms with E-state index < -0.39 is 11.6 Å². The molecule has 2 saturated heterocycles. The van der Waals surface area contributed by atoms with Gasteiger partial charge < -0.3 is 9.32 Å². The Morgan fingerprint density at radius 1 is 1.19 bits per heavy atom. The van der Waals surface area contributed by atoms with Gasteiger partial charge in [-0.05, 0) is 42.8 Å². The van der Waals surface area contributed by atoms with Gasteiger partial charge in [-0.25, -0.2) is 13.8 Å². The number of hydrogen-bond donors (Lipinski definition) is 0. The molecule has 2 aromatic rings. The molecule has 140 valence electrons. The summed E-state index contributed by atoms with van der Waals surface area (Å²) in [5.74, 6) is -0.323. The predicted molar refractivity (Wildman–Crippen MR) is 102 cm³/mol. The van der Waals surface area contributed by atoms with Gasteiger partial charge in [-0.2, -0.15) is 0 Å². The zero-order valence-electron chi connectivity index (χ0n) is 14.6. The monoisotopic (exact) mass is 389 g/mol. The average Bonchev–Trinajstić information content (AvgIpc) is 3.36. The smallest absolute Gasteiger partial charge is 0.266 e. The summed E-state index contributed by atoms with van der Waals surface area (Å²) < 4.78 is 32.7. The van der Waals surface area contributed by atoms with E-state index in [9.17, 15) is 13.6 Å². The van der Waals surface area contributed by atoms with Crippen molar-refractivity contribution >= 4 is 40.5 Å². The van der Waals surface area contributed by atoms with Crippen LogP contribution in [0.1, 0.15) is 18.6 Å². The third-order valence-corrected chi connectivity index (χ3v) is 5.49. The summed E-state index contributed by atoms with van der Waals surface area (Å²) in [6.45, 7) is 1.94. The highest BCUT2D eigenvalue weighted by Gasteiger charge is 2.31. The van der Waals surface area contributed by atoms with E-state index in [1.54, 1.807) is 13.1 Å². The number of thioether (sulfide) groups is 1. The topological polar surface area (TPSA) is 49.1 Å². The SMILES string of the molecule is CN1C(=O)/C(=C\c2ccc(N3CCCC3)o2)SC1=Nc1ccc(F)cc1F. The van der Waals surface area contributed by atoms with Crippen molar-refractivity contribution < 1.29 is 18.0 Å². The van der Waals surface area contributed by atoms with Crippen LogP contribution in [0.2, 0.25) is 0 Å². The average molecular weight is 389 g/mol. The molecule has 4 rings (SSSR count). The van der Waals surface area contributed by atoms with Crippen LogP contribution in [0.5, 0.6) is 0 Å². The summed E-state index contributed by atoms with van der Waals surface area (Å²) in [4.78, 5) is 20.6. The maximum absolute atomic E-state index is 13.8. The minimum Gasteiger partial charge on any atom is -0.441 e. The molecule has 2 aliphatic heterocycles. The standard InChI is InChI=1S/C19H17F2N3O2S/c1-23-18(25)16(11-13-5-7-17(26-13)24-8-2-3-9-24)27-19(23)22-15-6-4-12(20)10-14(15)21/h4-7,10-11H,2-3,8-9H2,1H3/b16-11+,22-19?. The highest BCUT2D eigenvalue weighted by Crippen LogP contribution is 2.34. The van der Waals surface area contributed by atoms with Gasteiger partial charge in [-0.15, -0.1) is 0 Å². The molecule has 0 N–H and O–H groups in total. The van der Waals surface area contributed by atoms with E-state index in [0.29, 0.717) is 15.8 Å². The molecular weight excluding hydrogens is 372 g/mol. The lowest BCUT2D eigenvalue weighted by molar-refractivity contribution is -0.121. The Morgan fingerprint density at radius 2 is 1.96 bits per heavy atom. The minimum atomic E-state index is -0.775. The van der Waals surface area contributed by atoms with E-state index in [4.69, 9.17) is 4.42 Å². The van der Waals surface area contributed by atoms with Crippen molar-refractivity contribution in [2.24, 2.45) is 4.99 Å². The summed E-state index contributed by atoms with van der Waals surface area (Å²) in [6, 6.07) is 6.86. The maximum Gasteiger partial charge on any atom is 0.266 e. The molecule has 0 bridgehead atoms. The summed E-state index contributed by atoms with van der Waals surface area (Å²) in [5, 5.41) is 0.322. The number of nitrogens with zero attached hydrogens (tertiary/aromatic N) is 3. The van der Waals surface area contributed by atoms with E-state index in [-0.39, 0.29) is 11.6 Å². The van der Waals surface area contributed by atoms with E-state index in [1.165, 1.54) is 11.0 Å². The van der Waals surface area contributed by atoms with Gasteiger partial charge in [0.1, 0.15) is 17.3 Å². The molecule has 0 radical (unpaired) electrons. The first-order valence-electron chi connectivity index (χ1n) is 8.57. The van der Waals surface area contributed by atoms with Gasteiger partial charge >= 0.3 is 0 Å². The van der Waals surface area contributed by atoms with E-state index in [2.05, 4.69) is 9.89 Å². The van der Waals surface area contributed by atoms with Gasteiger partial charge in [0, 0.05) is 38.3 Å². The van der Waals surface area contributed by atoms with Crippen LogP contribution in [-0.2, 0) is 4.79 Å². The number of furan rings is 1. The Morgan fingerprint density at radius 3 is 2.70 bits per heavy atom. The highest BCUT2D eigenvalue weighted by atomic mass is 32.2. The molecule has 0 unspecified atom stereocenters. The third-order valence-electron chi connectivity index (χ3n) is 4.43. The molecule has 0 aliphatic carbocycles. The van der Waals surface area contributed by atoms with E-state index in [0.717, 1.165) is 55.7 Å². The molecule has 0 spiro atoms. The zero-order valence-corrected chi connectivity index (χ0v) is 15.4. The van der Waals surface area contributed by atoms with Crippen LogP contribution in [0.3, 0.4) is 0 Å². The van der Waals surface area contributed by atoms with Gasteiger partial charge in [0.05, 0.1) is 4.91 Å². The Bertz CT molecular complexity index is 948. The number of aliphatic imine (C=N–C) groups is 1. The molecule has 2 fully saturated rings. The quantitative estimate of drug-likeness (QED) is 0.731. The molecule has 1 aromatic heterocycles. The van der Waals surface area contributed by atoms with Crippen molar-refractivity contribution in [2.45, 2.75) is 12.8 Å². The fourth-order valence-electron chi connectivity index (χ4n) is 2.98. The second kappa shape index (κ2) is 7.19. The van der Waals surface area contributed by atoms with Crippen molar-refractivity contribution in [3.63, 3.8) is 0 Å². The number of carbonyl (C=O) groups is 1. The molecule has 1 amide bonds. The Labute approximate surface area is 159 Å². The molecule has 5 nitrogen and oxygen atoms in total. The molecule has 27 heavy (non-hydrogen) atoms. The number of amides is 1. The number of rotatable bonds is 3. The molecule has 8 heteroatoms. The van der Waals surface area contributed by atoms with Crippen molar-refractivity contribution in [3.05, 3.63) is 52.6 Å². The fourth-order valence-corrected chi connectivity index (χ4v) is 3.94. The summed E-state index contributed by atoms with van der Waals surface area (Å²) in [6.07, 6.45) is 3.96. The second-order valence-electron chi connectivity index (χ2n) is 6.34. The van der Waals surface area contributed by atoms with Crippen LogP contribution in [0, 0.1) is 11.6 Å². The van der Waals surface area contributed by atoms with Crippen molar-refractivity contribution in [2.75, 3.05) is 25.0 Å². The van der Waals surface area contributed by atoms with Crippen LogP contribution >= 0.6 is 11.8 Å². The van der Waals surface area contributed by atoms with Gasteiger partial charge in [-0.1, -0.05) is 0 Å². The molecule has 0 saturated carbocycles. The Balaban J connectivity index is 1.57. The maximum atomic E-state index is 13.8. The largest absolute Gasteiger partial charge is 0.441 e. The van der Waals surface area contributed by atoms with Gasteiger partial charge in [0.15, 0.2) is 16.9 Å². The van der Waals surface area contributed by atoms with Crippen LogP contribution in [0.25, 0.3) is 6.08 Å². The van der Waals surface area contributed by atoms with E-state index in [1.807, 2.05) is 12.1 Å². The van der Waals surface area contributed by atoms with Gasteiger partial charge in [0.25, 0.3) is 5.91 Å². The van der Waals surface area contributed by atoms with Crippen molar-refractivity contribution in [3.8, 4) is 0 Å². The molecule has 3 heterocycles. The first-order valence-corrected chi connectivity index (χ1v) is 9.39. The van der Waals surface area contributed by atoms with Gasteiger partial charge in [0.2, 0.25) is 0 Å². The lowest BCUT2D eigenvalue weighted by atomic mass is 10.3. The van der Waals surface area contributed by atoms with Gasteiger partial charge in [-0.3, -0.25) is 9.69 Å². The van der Waals surface area contributed by atoms with Crippen molar-refractivity contribution in [1.82, 2.24) is 4.90 Å². The lowest BCUT2D eigenvalue weighted by Gasteiger charge is -2.12. The Kier molecular flexibility index (Phi) is 4.73. The number of carbonyl (C=O) groups excluding carboxylic acids is 1. The number of halogens is 2.